The van der Waals surface area contributed by atoms with Gasteiger partial charge in [0.2, 0.25) is 0 Å². The van der Waals surface area contributed by atoms with Crippen LogP contribution >= 0.6 is 15.9 Å². The minimum absolute atomic E-state index is 0.0940. The number of carbonyl (C=O) groups is 7. The van der Waals surface area contributed by atoms with E-state index in [1.165, 1.54) is 20.8 Å². The number of aryl methyl sites for hydroxylation is 2. The number of carbonyl (C=O) groups excluding carboxylic acids is 7. The van der Waals surface area contributed by atoms with Crippen LogP contribution in [0, 0.1) is 12.3 Å². The summed E-state index contributed by atoms with van der Waals surface area (Å²) in [5.41, 5.74) is 2.27. The van der Waals surface area contributed by atoms with E-state index in [4.69, 9.17) is 28.4 Å². The van der Waals surface area contributed by atoms with Crippen LogP contribution in [0.3, 0.4) is 0 Å². The van der Waals surface area contributed by atoms with E-state index in [1.807, 2.05) is 55.5 Å². The van der Waals surface area contributed by atoms with Gasteiger partial charge in [-0.3, -0.25) is 19.2 Å². The van der Waals surface area contributed by atoms with Crippen LogP contribution < -0.4 is 0 Å². The van der Waals surface area contributed by atoms with Gasteiger partial charge in [-0.25, -0.2) is 14.4 Å². The summed E-state index contributed by atoms with van der Waals surface area (Å²) in [5.74, 6) is -2.96. The zero-order valence-electron chi connectivity index (χ0n) is 32.4. The molecule has 0 radical (unpaired) electrons. The number of ether oxygens (including phenoxy) is 6. The van der Waals surface area contributed by atoms with Crippen molar-refractivity contribution in [3.8, 4) is 0 Å². The number of hydrogen-bond donors (Lipinski definition) is 0. The van der Waals surface area contributed by atoms with E-state index in [9.17, 15) is 33.6 Å². The monoisotopic (exact) mass is 832 g/mol. The second kappa shape index (κ2) is 24.7. The highest BCUT2D eigenvalue weighted by molar-refractivity contribution is 9.09. The van der Waals surface area contributed by atoms with Gasteiger partial charge in [-0.2, -0.15) is 0 Å². The number of Topliss-reactive ketones (excluding diaryl/α,β-unsaturated/α-hetero) is 2. The lowest BCUT2D eigenvalue weighted by Crippen LogP contribution is -2.41. The van der Waals surface area contributed by atoms with Gasteiger partial charge < -0.3 is 28.4 Å². The molecule has 13 nitrogen and oxygen atoms in total. The Labute approximate surface area is 331 Å². The lowest BCUT2D eigenvalue weighted by molar-refractivity contribution is -0.172. The zero-order valence-corrected chi connectivity index (χ0v) is 33.9. The highest BCUT2D eigenvalue weighted by Gasteiger charge is 2.39. The van der Waals surface area contributed by atoms with Crippen molar-refractivity contribution in [1.82, 2.24) is 0 Å². The van der Waals surface area contributed by atoms with Crippen LogP contribution in [-0.2, 0) is 65.2 Å². The van der Waals surface area contributed by atoms with Crippen molar-refractivity contribution < 1.29 is 62.0 Å². The minimum atomic E-state index is -1.53. The first-order chi connectivity index (χ1) is 26.1. The first-order valence-corrected chi connectivity index (χ1v) is 19.5. The number of benzene rings is 2. The molecule has 0 aliphatic heterocycles. The molecule has 0 amide bonds. The summed E-state index contributed by atoms with van der Waals surface area (Å²) in [6.45, 7) is 6.27. The molecule has 0 aliphatic rings. The standard InChI is InChI=1S/C41H53BrO13/c1-28-12-19-34(20-13-28)36(45)21-18-32-14-16-33(17-15-32)25-35(44)11-8-6-7-9-23-50-37(46)29(2)54-38(47)30(3)55-40(49)53-27-41(5,26-52-31(4)43)39(48)51-24-10-22-42/h12-17,19-20,29-30H,6-11,18,21-27H2,1-5H3. The highest BCUT2D eigenvalue weighted by Crippen LogP contribution is 2.21. The largest absolute Gasteiger partial charge is 0.509 e. The number of unbranched alkanes of at least 4 members (excludes halogenated alkanes) is 3. The molecule has 0 spiro atoms. The smallest absolute Gasteiger partial charge is 0.465 e. The molecule has 0 fully saturated rings. The van der Waals surface area contributed by atoms with Gasteiger partial charge in [0.1, 0.15) is 24.4 Å². The number of alkyl halides is 1. The van der Waals surface area contributed by atoms with Crippen molar-refractivity contribution in [2.75, 3.05) is 31.8 Å². The van der Waals surface area contributed by atoms with Gasteiger partial charge in [0.15, 0.2) is 18.0 Å². The van der Waals surface area contributed by atoms with Crippen LogP contribution in [0.1, 0.15) is 99.7 Å². The first kappa shape index (κ1) is 46.6. The molecule has 0 heterocycles. The quantitative estimate of drug-likeness (QED) is 0.0337. The molecule has 3 unspecified atom stereocenters. The fourth-order valence-corrected chi connectivity index (χ4v) is 5.16. The molecule has 0 saturated carbocycles. The van der Waals surface area contributed by atoms with Crippen LogP contribution in [0.4, 0.5) is 4.79 Å². The van der Waals surface area contributed by atoms with E-state index in [2.05, 4.69) is 15.9 Å². The van der Waals surface area contributed by atoms with Crippen molar-refractivity contribution in [2.24, 2.45) is 5.41 Å². The average molecular weight is 834 g/mol. The Morgan fingerprint density at radius 1 is 0.673 bits per heavy atom. The molecular weight excluding hydrogens is 780 g/mol. The number of esters is 4. The molecule has 3 atom stereocenters. The van der Waals surface area contributed by atoms with E-state index in [0.29, 0.717) is 55.8 Å². The highest BCUT2D eigenvalue weighted by atomic mass is 79.9. The Morgan fingerprint density at radius 2 is 1.27 bits per heavy atom. The molecule has 14 heteroatoms. The van der Waals surface area contributed by atoms with E-state index in [0.717, 1.165) is 36.5 Å². The van der Waals surface area contributed by atoms with Gasteiger partial charge in [0.25, 0.3) is 0 Å². The summed E-state index contributed by atoms with van der Waals surface area (Å²) in [6.07, 6.45) is 1.10. The van der Waals surface area contributed by atoms with Crippen molar-refractivity contribution in [3.05, 3.63) is 70.8 Å². The summed E-state index contributed by atoms with van der Waals surface area (Å²) < 4.78 is 30.3. The van der Waals surface area contributed by atoms with Crippen LogP contribution in [0.15, 0.2) is 48.5 Å². The van der Waals surface area contributed by atoms with Crippen LogP contribution in [0.25, 0.3) is 0 Å². The van der Waals surface area contributed by atoms with Crippen molar-refractivity contribution in [1.29, 1.82) is 0 Å². The fourth-order valence-electron chi connectivity index (χ4n) is 4.93. The van der Waals surface area contributed by atoms with Crippen molar-refractivity contribution in [2.45, 2.75) is 105 Å². The number of hydrogen-bond acceptors (Lipinski definition) is 13. The van der Waals surface area contributed by atoms with Crippen LogP contribution in [-0.4, -0.2) is 85.6 Å². The first-order valence-electron chi connectivity index (χ1n) is 18.4. The van der Waals surface area contributed by atoms with E-state index >= 15 is 0 Å². The fraction of sp³-hybridized carbons (Fsp3) is 0.537. The van der Waals surface area contributed by atoms with Crippen LogP contribution in [0.2, 0.25) is 0 Å². The van der Waals surface area contributed by atoms with Gasteiger partial charge in [-0.15, -0.1) is 0 Å². The third-order valence-corrected chi connectivity index (χ3v) is 8.93. The van der Waals surface area contributed by atoms with Crippen LogP contribution in [0.5, 0.6) is 0 Å². The third-order valence-electron chi connectivity index (χ3n) is 8.37. The average Bonchev–Trinajstić information content (AvgIpc) is 3.15. The molecular formula is C41H53BrO13. The maximum Gasteiger partial charge on any atom is 0.509 e. The molecule has 0 bridgehead atoms. The summed E-state index contributed by atoms with van der Waals surface area (Å²) in [6, 6.07) is 15.3. The number of rotatable bonds is 25. The topological polar surface area (TPSA) is 175 Å². The van der Waals surface area contributed by atoms with Gasteiger partial charge in [-0.05, 0) is 64.5 Å². The molecule has 0 saturated heterocycles. The number of halogens is 1. The number of ketones is 2. The Kier molecular flexibility index (Phi) is 20.9. The molecule has 2 aromatic rings. The van der Waals surface area contributed by atoms with E-state index in [1.54, 1.807) is 0 Å². The molecule has 2 rings (SSSR count). The lowest BCUT2D eigenvalue weighted by atomic mass is 9.93. The minimum Gasteiger partial charge on any atom is -0.465 e. The molecule has 302 valence electrons. The van der Waals surface area contributed by atoms with Gasteiger partial charge >= 0.3 is 30.0 Å². The Hall–Kier alpha value is -4.59. The molecule has 0 aliphatic carbocycles. The van der Waals surface area contributed by atoms with Gasteiger partial charge in [0.05, 0.1) is 13.2 Å². The van der Waals surface area contributed by atoms with Crippen molar-refractivity contribution >= 4 is 57.5 Å². The zero-order chi connectivity index (χ0) is 40.8. The maximum atomic E-state index is 12.6. The van der Waals surface area contributed by atoms with Crippen molar-refractivity contribution in [3.63, 3.8) is 0 Å². The summed E-state index contributed by atoms with van der Waals surface area (Å²) in [5, 5.41) is 0.598. The normalized spacial score (nSPS) is 13.0. The summed E-state index contributed by atoms with van der Waals surface area (Å²) in [4.78, 5) is 85.8. The summed E-state index contributed by atoms with van der Waals surface area (Å²) >= 11 is 3.23. The molecule has 0 N–H and O–H groups in total. The van der Waals surface area contributed by atoms with Gasteiger partial charge in [-0.1, -0.05) is 82.9 Å². The second-order valence-electron chi connectivity index (χ2n) is 13.6. The SMILES string of the molecule is CC(=O)OCC(C)(COC(=O)OC(C)C(=O)OC(C)C(=O)OCCCCCCC(=O)Cc1ccc(CCC(=O)c2ccc(C)cc2)cc1)C(=O)OCCCBr. The Morgan fingerprint density at radius 3 is 1.93 bits per heavy atom. The Balaban J connectivity index is 1.61. The molecule has 55 heavy (non-hydrogen) atoms. The van der Waals surface area contributed by atoms with E-state index in [-0.39, 0.29) is 24.8 Å². The third kappa shape index (κ3) is 18.5. The molecule has 0 aromatic heterocycles. The summed E-state index contributed by atoms with van der Waals surface area (Å²) in [7, 11) is 0. The predicted octanol–water partition coefficient (Wildman–Crippen LogP) is 6.79. The molecule has 2 aromatic carbocycles. The Bertz CT molecular complexity index is 1570. The predicted molar refractivity (Wildman–Crippen MR) is 205 cm³/mol. The lowest BCUT2D eigenvalue weighted by Gasteiger charge is -2.26. The second-order valence-corrected chi connectivity index (χ2v) is 14.3. The van der Waals surface area contributed by atoms with E-state index < -0.39 is 60.9 Å². The van der Waals surface area contributed by atoms with Gasteiger partial charge in [0, 0.05) is 37.1 Å². The maximum absolute atomic E-state index is 12.6.